The Morgan fingerprint density at radius 1 is 0.765 bits per heavy atom. The van der Waals surface area contributed by atoms with E-state index in [-0.39, 0.29) is 12.3 Å². The van der Waals surface area contributed by atoms with Gasteiger partial charge in [0.05, 0.1) is 6.61 Å². The fraction of sp³-hybridized carbons (Fsp3) is 0.962. The number of rotatable bonds is 19. The van der Waals surface area contributed by atoms with Gasteiger partial charge >= 0.3 is 0 Å². The normalized spacial score (nSPS) is 26.9. The van der Waals surface area contributed by atoms with Gasteiger partial charge in [-0.2, -0.15) is 0 Å². The number of nitrogens with one attached hydrogen (secondary N) is 1. The van der Waals surface area contributed by atoms with Crippen LogP contribution in [0.5, 0.6) is 0 Å². The molecule has 0 radical (unpaired) electrons. The van der Waals surface area contributed by atoms with Crippen molar-refractivity contribution >= 4 is 5.91 Å². The average molecular weight is 490 g/mol. The van der Waals surface area contributed by atoms with Gasteiger partial charge in [0.1, 0.15) is 30.5 Å². The maximum atomic E-state index is 12.3. The molecular weight excluding hydrogens is 438 g/mol. The summed E-state index contributed by atoms with van der Waals surface area (Å²) in [6, 6.07) is 0. The maximum absolute atomic E-state index is 12.3. The molecule has 0 spiro atoms. The van der Waals surface area contributed by atoms with E-state index in [4.69, 9.17) is 4.74 Å². The first-order chi connectivity index (χ1) is 16.2. The van der Waals surface area contributed by atoms with E-state index in [2.05, 4.69) is 12.2 Å². The van der Waals surface area contributed by atoms with E-state index in [1.165, 1.54) is 84.0 Å². The molecule has 1 aliphatic heterocycles. The predicted molar refractivity (Wildman–Crippen MR) is 132 cm³/mol. The zero-order valence-corrected chi connectivity index (χ0v) is 21.5. The number of aliphatic hydroxyl groups excluding tert-OH is 4. The minimum absolute atomic E-state index is 0.242. The van der Waals surface area contributed by atoms with E-state index >= 15 is 0 Å². The van der Waals surface area contributed by atoms with Crippen molar-refractivity contribution in [1.82, 2.24) is 5.32 Å². The molecular formula is C26H51NO7. The van der Waals surface area contributed by atoms with Crippen molar-refractivity contribution in [3.8, 4) is 0 Å². The van der Waals surface area contributed by atoms with Crippen LogP contribution in [0, 0.1) is 0 Å². The highest BCUT2D eigenvalue weighted by atomic mass is 16.6. The monoisotopic (exact) mass is 489 g/mol. The Bertz CT molecular complexity index is 529. The lowest BCUT2D eigenvalue weighted by atomic mass is 9.90. The molecule has 0 aromatic carbocycles. The van der Waals surface area contributed by atoms with Gasteiger partial charge in [-0.15, -0.1) is 0 Å². The van der Waals surface area contributed by atoms with Crippen molar-refractivity contribution < 1.29 is 35.1 Å². The molecule has 0 aromatic rings. The SMILES string of the molecule is CCCCCCCCCCCCCCCCCC(=O)NC(C)(O)[C@@H]1O[C@H](CO)[C@@H](O)[C@H](O)[C@H]1O. The summed E-state index contributed by atoms with van der Waals surface area (Å²) in [5, 5.41) is 52.3. The van der Waals surface area contributed by atoms with Crippen LogP contribution in [0.25, 0.3) is 0 Å². The van der Waals surface area contributed by atoms with Gasteiger partial charge in [0.15, 0.2) is 5.72 Å². The zero-order valence-electron chi connectivity index (χ0n) is 21.5. The van der Waals surface area contributed by atoms with Gasteiger partial charge < -0.3 is 35.6 Å². The predicted octanol–water partition coefficient (Wildman–Crippen LogP) is 2.92. The number of carbonyl (C=O) groups excluding carboxylic acids is 1. The van der Waals surface area contributed by atoms with E-state index in [0.717, 1.165) is 12.8 Å². The first-order valence-corrected chi connectivity index (χ1v) is 13.6. The molecule has 6 atom stereocenters. The van der Waals surface area contributed by atoms with Gasteiger partial charge in [-0.25, -0.2) is 0 Å². The summed E-state index contributed by atoms with van der Waals surface area (Å²) in [7, 11) is 0. The lowest BCUT2D eigenvalue weighted by molar-refractivity contribution is -0.271. The fourth-order valence-corrected chi connectivity index (χ4v) is 4.64. The molecule has 1 amide bonds. The molecule has 1 unspecified atom stereocenters. The zero-order chi connectivity index (χ0) is 25.4. The largest absolute Gasteiger partial charge is 0.394 e. The Hall–Kier alpha value is -0.770. The van der Waals surface area contributed by atoms with Crippen LogP contribution in [-0.4, -0.2) is 74.3 Å². The number of unbranched alkanes of at least 4 members (excludes halogenated alkanes) is 14. The molecule has 0 aromatic heterocycles. The average Bonchev–Trinajstić information content (AvgIpc) is 2.79. The molecule has 34 heavy (non-hydrogen) atoms. The lowest BCUT2D eigenvalue weighted by Crippen LogP contribution is -2.68. The van der Waals surface area contributed by atoms with Gasteiger partial charge in [-0.3, -0.25) is 4.79 Å². The molecule has 1 heterocycles. The van der Waals surface area contributed by atoms with Crippen molar-refractivity contribution in [2.75, 3.05) is 6.61 Å². The topological polar surface area (TPSA) is 139 Å². The van der Waals surface area contributed by atoms with Crippen molar-refractivity contribution in [1.29, 1.82) is 0 Å². The highest BCUT2D eigenvalue weighted by Gasteiger charge is 2.50. The molecule has 8 nitrogen and oxygen atoms in total. The van der Waals surface area contributed by atoms with Crippen molar-refractivity contribution in [3.63, 3.8) is 0 Å². The Kier molecular flexibility index (Phi) is 16.2. The molecule has 0 saturated carbocycles. The molecule has 202 valence electrons. The van der Waals surface area contributed by atoms with Gasteiger partial charge in [-0.05, 0) is 13.3 Å². The van der Waals surface area contributed by atoms with Crippen LogP contribution < -0.4 is 5.32 Å². The number of hydrogen-bond acceptors (Lipinski definition) is 7. The minimum Gasteiger partial charge on any atom is -0.394 e. The van der Waals surface area contributed by atoms with Crippen molar-refractivity contribution in [3.05, 3.63) is 0 Å². The van der Waals surface area contributed by atoms with Crippen LogP contribution in [0.4, 0.5) is 0 Å². The van der Waals surface area contributed by atoms with E-state index in [0.29, 0.717) is 6.42 Å². The number of ether oxygens (including phenoxy) is 1. The molecule has 8 heteroatoms. The third-order valence-corrected chi connectivity index (χ3v) is 6.85. The summed E-state index contributed by atoms with van der Waals surface area (Å²) in [6.45, 7) is 2.92. The van der Waals surface area contributed by atoms with Crippen LogP contribution in [0.3, 0.4) is 0 Å². The lowest BCUT2D eigenvalue weighted by Gasteiger charge is -2.45. The van der Waals surface area contributed by atoms with E-state index < -0.39 is 42.9 Å². The Labute approximate surface area is 206 Å². The van der Waals surface area contributed by atoms with Crippen molar-refractivity contribution in [2.24, 2.45) is 0 Å². The fourth-order valence-electron chi connectivity index (χ4n) is 4.64. The Balaban J connectivity index is 2.09. The van der Waals surface area contributed by atoms with E-state index in [1.54, 1.807) is 0 Å². The first-order valence-electron chi connectivity index (χ1n) is 13.6. The summed E-state index contributed by atoms with van der Waals surface area (Å²) >= 11 is 0. The first kappa shape index (κ1) is 31.3. The summed E-state index contributed by atoms with van der Waals surface area (Å²) < 4.78 is 5.35. The number of amides is 1. The number of aliphatic hydroxyl groups is 5. The van der Waals surface area contributed by atoms with Crippen LogP contribution in [0.2, 0.25) is 0 Å². The summed E-state index contributed by atoms with van der Waals surface area (Å²) in [6.07, 6.45) is 11.6. The third kappa shape index (κ3) is 11.8. The highest BCUT2D eigenvalue weighted by Crippen LogP contribution is 2.27. The van der Waals surface area contributed by atoms with Gasteiger partial charge in [0.25, 0.3) is 0 Å². The van der Waals surface area contributed by atoms with Gasteiger partial charge in [0.2, 0.25) is 5.91 Å². The molecule has 6 N–H and O–H groups in total. The maximum Gasteiger partial charge on any atom is 0.222 e. The minimum atomic E-state index is -1.96. The quantitative estimate of drug-likeness (QED) is 0.121. The second-order valence-corrected chi connectivity index (χ2v) is 10.1. The molecule has 1 rings (SSSR count). The molecule has 0 aliphatic carbocycles. The van der Waals surface area contributed by atoms with E-state index in [1.807, 2.05) is 0 Å². The van der Waals surface area contributed by atoms with Crippen LogP contribution in [0.15, 0.2) is 0 Å². The van der Waals surface area contributed by atoms with Crippen molar-refractivity contribution in [2.45, 2.75) is 153 Å². The standard InChI is InChI=1S/C26H51NO7/c1-3-4-5-6-7-8-9-10-11-12-13-14-15-16-17-18-21(29)27-26(2,33)25-24(32)23(31)22(30)20(19-28)34-25/h20,22-25,28,30-33H,3-19H2,1-2H3,(H,27,29)/t20-,22-,23+,24-,25-,26?/m1/s1. The van der Waals surface area contributed by atoms with Crippen LogP contribution >= 0.6 is 0 Å². The Morgan fingerprint density at radius 2 is 1.21 bits per heavy atom. The third-order valence-electron chi connectivity index (χ3n) is 6.85. The second kappa shape index (κ2) is 17.6. The molecule has 1 aliphatic rings. The Morgan fingerprint density at radius 3 is 1.65 bits per heavy atom. The molecule has 1 fully saturated rings. The van der Waals surface area contributed by atoms with Gasteiger partial charge in [-0.1, -0.05) is 96.8 Å². The summed E-state index contributed by atoms with van der Waals surface area (Å²) in [5.41, 5.74) is -1.96. The number of carbonyl (C=O) groups is 1. The summed E-state index contributed by atoms with van der Waals surface area (Å²) in [5.74, 6) is -0.378. The highest BCUT2D eigenvalue weighted by molar-refractivity contribution is 5.76. The molecule has 0 bridgehead atoms. The van der Waals surface area contributed by atoms with E-state index in [9.17, 15) is 30.3 Å². The van der Waals surface area contributed by atoms with Crippen LogP contribution in [0.1, 0.15) is 117 Å². The smallest absolute Gasteiger partial charge is 0.222 e. The second-order valence-electron chi connectivity index (χ2n) is 10.1. The molecule has 1 saturated heterocycles. The van der Waals surface area contributed by atoms with Crippen LogP contribution in [-0.2, 0) is 9.53 Å². The summed E-state index contributed by atoms with van der Waals surface area (Å²) in [4.78, 5) is 12.3. The number of hydrogen-bond donors (Lipinski definition) is 6. The van der Waals surface area contributed by atoms with Gasteiger partial charge in [0, 0.05) is 6.42 Å².